The number of carbonyl (C=O) groups excluding carboxylic acids is 2. The van der Waals surface area contributed by atoms with Gasteiger partial charge in [-0.1, -0.05) is 13.8 Å². The Hall–Kier alpha value is -2.13. The van der Waals surface area contributed by atoms with Gasteiger partial charge in [0.2, 0.25) is 10.0 Å². The molecule has 0 bridgehead atoms. The number of nitrogens with one attached hydrogen (secondary N) is 2. The lowest BCUT2D eigenvalue weighted by Crippen LogP contribution is -2.42. The van der Waals surface area contributed by atoms with Crippen molar-refractivity contribution in [1.82, 2.24) is 4.72 Å². The van der Waals surface area contributed by atoms with Crippen LogP contribution in [-0.4, -0.2) is 39.7 Å². The third kappa shape index (κ3) is 7.01. The molecule has 0 aliphatic heterocycles. The molecule has 0 spiro atoms. The zero-order valence-electron chi connectivity index (χ0n) is 15.4. The number of hydrogen-bond donors (Lipinski definition) is 2. The summed E-state index contributed by atoms with van der Waals surface area (Å²) in [6, 6.07) is 4.58. The molecule has 1 rings (SSSR count). The summed E-state index contributed by atoms with van der Waals surface area (Å²) in [5.41, 5.74) is 0.395. The smallest absolute Gasteiger partial charge is 0.411 e. The van der Waals surface area contributed by atoms with Gasteiger partial charge in [-0.25, -0.2) is 13.2 Å². The Labute approximate surface area is 154 Å². The predicted octanol–water partition coefficient (Wildman–Crippen LogP) is 2.51. The molecule has 9 heteroatoms. The number of rotatable bonds is 9. The van der Waals surface area contributed by atoms with Crippen molar-refractivity contribution in [2.24, 2.45) is 5.92 Å². The van der Waals surface area contributed by atoms with E-state index in [9.17, 15) is 18.0 Å². The molecule has 0 saturated heterocycles. The van der Waals surface area contributed by atoms with Gasteiger partial charge in [0.15, 0.2) is 0 Å². The fourth-order valence-corrected chi connectivity index (χ4v) is 3.36. The predicted molar refractivity (Wildman–Crippen MR) is 97.3 cm³/mol. The topological polar surface area (TPSA) is 111 Å². The highest BCUT2D eigenvalue weighted by atomic mass is 32.2. The molecule has 1 aromatic rings. The number of ether oxygens (including phenoxy) is 2. The number of esters is 1. The number of carbonyl (C=O) groups is 2. The van der Waals surface area contributed by atoms with Gasteiger partial charge in [0.25, 0.3) is 0 Å². The number of amides is 1. The Morgan fingerprint density at radius 3 is 2.12 bits per heavy atom. The van der Waals surface area contributed by atoms with Gasteiger partial charge in [0.1, 0.15) is 6.04 Å². The second-order valence-electron chi connectivity index (χ2n) is 5.93. The van der Waals surface area contributed by atoms with Crippen molar-refractivity contribution in [2.75, 3.05) is 18.5 Å². The highest BCUT2D eigenvalue weighted by Crippen LogP contribution is 2.16. The van der Waals surface area contributed by atoms with Gasteiger partial charge in [-0.05, 0) is 50.5 Å². The molecule has 1 amide bonds. The fourth-order valence-electron chi connectivity index (χ4n) is 2.16. The van der Waals surface area contributed by atoms with Crippen molar-refractivity contribution in [2.45, 2.75) is 45.1 Å². The lowest BCUT2D eigenvalue weighted by molar-refractivity contribution is -0.145. The van der Waals surface area contributed by atoms with Crippen LogP contribution in [0.15, 0.2) is 29.2 Å². The van der Waals surface area contributed by atoms with Crippen LogP contribution in [-0.2, 0) is 24.3 Å². The summed E-state index contributed by atoms with van der Waals surface area (Å²) in [5, 5.41) is 2.47. The molecular formula is C17H26N2O6S. The zero-order valence-corrected chi connectivity index (χ0v) is 16.3. The van der Waals surface area contributed by atoms with Gasteiger partial charge in [-0.3, -0.25) is 10.1 Å². The second-order valence-corrected chi connectivity index (χ2v) is 7.64. The Kier molecular flexibility index (Phi) is 8.53. The van der Waals surface area contributed by atoms with Crippen LogP contribution in [0.2, 0.25) is 0 Å². The van der Waals surface area contributed by atoms with Crippen molar-refractivity contribution < 1.29 is 27.5 Å². The molecule has 1 aromatic carbocycles. The minimum Gasteiger partial charge on any atom is -0.465 e. The summed E-state index contributed by atoms with van der Waals surface area (Å²) in [6.45, 7) is 7.51. The van der Waals surface area contributed by atoms with E-state index in [1.54, 1.807) is 13.8 Å². The molecule has 0 fully saturated rings. The molecule has 146 valence electrons. The third-order valence-corrected chi connectivity index (χ3v) is 4.75. The van der Waals surface area contributed by atoms with E-state index >= 15 is 0 Å². The lowest BCUT2D eigenvalue weighted by Gasteiger charge is -2.19. The summed E-state index contributed by atoms with van der Waals surface area (Å²) in [6.07, 6.45) is -0.304. The fraction of sp³-hybridized carbons (Fsp3) is 0.529. The lowest BCUT2D eigenvalue weighted by atomic mass is 10.1. The minimum atomic E-state index is -3.92. The van der Waals surface area contributed by atoms with Gasteiger partial charge >= 0.3 is 12.1 Å². The molecule has 0 aliphatic rings. The van der Waals surface area contributed by atoms with E-state index in [1.807, 2.05) is 13.8 Å². The molecule has 0 saturated carbocycles. The Morgan fingerprint density at radius 2 is 1.62 bits per heavy atom. The maximum absolute atomic E-state index is 12.5. The molecule has 26 heavy (non-hydrogen) atoms. The highest BCUT2D eigenvalue weighted by molar-refractivity contribution is 7.89. The van der Waals surface area contributed by atoms with E-state index in [2.05, 4.69) is 10.0 Å². The number of hydrogen-bond acceptors (Lipinski definition) is 6. The summed E-state index contributed by atoms with van der Waals surface area (Å²) in [7, 11) is -3.92. The number of sulfonamides is 1. The first-order valence-corrected chi connectivity index (χ1v) is 9.90. The maximum atomic E-state index is 12.5. The van der Waals surface area contributed by atoms with Crippen LogP contribution in [0.4, 0.5) is 10.5 Å². The Bertz CT molecular complexity index is 700. The minimum absolute atomic E-state index is 0.0232. The summed E-state index contributed by atoms with van der Waals surface area (Å²) < 4.78 is 37.2. The highest BCUT2D eigenvalue weighted by Gasteiger charge is 2.27. The van der Waals surface area contributed by atoms with E-state index in [0.717, 1.165) is 0 Å². The van der Waals surface area contributed by atoms with E-state index in [0.29, 0.717) is 12.1 Å². The molecule has 2 N–H and O–H groups in total. The summed E-state index contributed by atoms with van der Waals surface area (Å²) in [4.78, 5) is 23.4. The Balaban J connectivity index is 2.90. The van der Waals surface area contributed by atoms with Crippen LogP contribution >= 0.6 is 0 Å². The van der Waals surface area contributed by atoms with Gasteiger partial charge in [-0.15, -0.1) is 0 Å². The Morgan fingerprint density at radius 1 is 1.04 bits per heavy atom. The molecule has 1 unspecified atom stereocenters. The number of benzene rings is 1. The van der Waals surface area contributed by atoms with Crippen molar-refractivity contribution in [1.29, 1.82) is 0 Å². The van der Waals surface area contributed by atoms with Crippen molar-refractivity contribution in [3.05, 3.63) is 24.3 Å². The number of anilines is 1. The zero-order chi connectivity index (χ0) is 19.7. The van der Waals surface area contributed by atoms with Gasteiger partial charge in [0, 0.05) is 5.69 Å². The molecule has 0 heterocycles. The molecule has 0 aliphatic carbocycles. The van der Waals surface area contributed by atoms with Crippen LogP contribution in [0.25, 0.3) is 0 Å². The van der Waals surface area contributed by atoms with Crippen molar-refractivity contribution in [3.63, 3.8) is 0 Å². The standard InChI is InChI=1S/C17H26N2O6S/c1-5-24-16(20)15(11-12(3)4)19-26(22,23)14-9-7-13(8-10-14)18-17(21)25-6-2/h7-10,12,15,19H,5-6,11H2,1-4H3,(H,18,21). The van der Waals surface area contributed by atoms with Crippen LogP contribution in [0, 0.1) is 5.92 Å². The molecule has 0 radical (unpaired) electrons. The van der Waals surface area contributed by atoms with Crippen LogP contribution in [0.3, 0.4) is 0 Å². The van der Waals surface area contributed by atoms with Gasteiger partial charge in [-0.2, -0.15) is 4.72 Å². The summed E-state index contributed by atoms with van der Waals surface area (Å²) in [5.74, 6) is -0.506. The van der Waals surface area contributed by atoms with E-state index in [4.69, 9.17) is 9.47 Å². The van der Waals surface area contributed by atoms with E-state index in [-0.39, 0.29) is 24.0 Å². The van der Waals surface area contributed by atoms with Crippen LogP contribution in [0.5, 0.6) is 0 Å². The molecular weight excluding hydrogens is 360 g/mol. The first-order valence-electron chi connectivity index (χ1n) is 8.42. The van der Waals surface area contributed by atoms with Gasteiger partial charge < -0.3 is 9.47 Å². The normalized spacial score (nSPS) is 12.5. The largest absolute Gasteiger partial charge is 0.465 e. The maximum Gasteiger partial charge on any atom is 0.411 e. The molecule has 0 aromatic heterocycles. The van der Waals surface area contributed by atoms with E-state index in [1.165, 1.54) is 24.3 Å². The SMILES string of the molecule is CCOC(=O)Nc1ccc(S(=O)(=O)NC(CC(C)C)C(=O)OCC)cc1. The quantitative estimate of drug-likeness (QED) is 0.631. The monoisotopic (exact) mass is 386 g/mol. The third-order valence-electron chi connectivity index (χ3n) is 3.26. The average Bonchev–Trinajstić information content (AvgIpc) is 2.54. The second kappa shape index (κ2) is 10.1. The van der Waals surface area contributed by atoms with Gasteiger partial charge in [0.05, 0.1) is 18.1 Å². The summed E-state index contributed by atoms with van der Waals surface area (Å²) >= 11 is 0. The average molecular weight is 386 g/mol. The van der Waals surface area contributed by atoms with Crippen molar-refractivity contribution in [3.8, 4) is 0 Å². The van der Waals surface area contributed by atoms with Crippen LogP contribution < -0.4 is 10.0 Å². The van der Waals surface area contributed by atoms with Crippen molar-refractivity contribution >= 4 is 27.8 Å². The molecule has 1 atom stereocenters. The first kappa shape index (κ1) is 21.9. The van der Waals surface area contributed by atoms with Crippen LogP contribution in [0.1, 0.15) is 34.1 Å². The first-order chi connectivity index (χ1) is 12.2. The van der Waals surface area contributed by atoms with E-state index < -0.39 is 28.1 Å². The molecule has 8 nitrogen and oxygen atoms in total.